The molecule has 0 radical (unpaired) electrons. The van der Waals surface area contributed by atoms with Crippen LogP contribution in [0.25, 0.3) is 0 Å². The topological polar surface area (TPSA) is 79.8 Å². The van der Waals surface area contributed by atoms with Crippen LogP contribution in [0.2, 0.25) is 0 Å². The third kappa shape index (κ3) is 2.97. The Labute approximate surface area is 100 Å². The molecule has 0 aliphatic carbocycles. The summed E-state index contributed by atoms with van der Waals surface area (Å²) in [6.07, 6.45) is 1.73. The van der Waals surface area contributed by atoms with Crippen LogP contribution in [0.4, 0.5) is 5.95 Å². The van der Waals surface area contributed by atoms with Crippen molar-refractivity contribution in [2.45, 2.75) is 26.7 Å². The van der Waals surface area contributed by atoms with E-state index < -0.39 is 0 Å². The van der Waals surface area contributed by atoms with Gasteiger partial charge in [0.1, 0.15) is 0 Å². The minimum atomic E-state index is -0.00319. The number of rotatable bonds is 2. The lowest BCUT2D eigenvalue weighted by atomic mass is 9.97. The molecule has 6 heteroatoms. The summed E-state index contributed by atoms with van der Waals surface area (Å²) < 4.78 is 0. The molecule has 0 atom stereocenters. The summed E-state index contributed by atoms with van der Waals surface area (Å²) in [5.41, 5.74) is 1.57. The number of hydrogen-bond donors (Lipinski definition) is 2. The van der Waals surface area contributed by atoms with Crippen molar-refractivity contribution in [1.82, 2.24) is 20.5 Å². The van der Waals surface area contributed by atoms with Crippen molar-refractivity contribution in [3.8, 4) is 0 Å². The first-order valence-electron chi connectivity index (χ1n) is 5.86. The third-order valence-corrected chi connectivity index (χ3v) is 3.04. The molecule has 1 aliphatic rings. The van der Waals surface area contributed by atoms with E-state index in [1.165, 1.54) is 0 Å². The normalized spacial score (nSPS) is 16.8. The second kappa shape index (κ2) is 5.18. The first-order chi connectivity index (χ1) is 8.16. The molecule has 1 aromatic heterocycles. The van der Waals surface area contributed by atoms with Crippen molar-refractivity contribution in [2.24, 2.45) is 5.92 Å². The van der Waals surface area contributed by atoms with Crippen LogP contribution >= 0.6 is 0 Å². The Balaban J connectivity index is 1.99. The predicted octanol–water partition coefficient (Wildman–Crippen LogP) is 0.427. The van der Waals surface area contributed by atoms with Gasteiger partial charge in [0.15, 0.2) is 0 Å². The van der Waals surface area contributed by atoms with Crippen molar-refractivity contribution in [3.05, 3.63) is 11.4 Å². The number of amides is 1. The largest absolute Gasteiger partial charge is 0.317 e. The van der Waals surface area contributed by atoms with E-state index in [1.54, 1.807) is 0 Å². The molecule has 2 rings (SSSR count). The second-order valence-corrected chi connectivity index (χ2v) is 4.32. The highest BCUT2D eigenvalue weighted by Gasteiger charge is 2.21. The Morgan fingerprint density at radius 2 is 1.94 bits per heavy atom. The maximum atomic E-state index is 11.9. The summed E-state index contributed by atoms with van der Waals surface area (Å²) in [4.78, 5) is 16.1. The number of aromatic nitrogens is 3. The summed E-state index contributed by atoms with van der Waals surface area (Å²) in [5, 5.41) is 13.8. The summed E-state index contributed by atoms with van der Waals surface area (Å²) in [6, 6.07) is 0. The van der Waals surface area contributed by atoms with Crippen LogP contribution < -0.4 is 10.6 Å². The first kappa shape index (κ1) is 11.9. The summed E-state index contributed by atoms with van der Waals surface area (Å²) in [7, 11) is 0. The molecule has 0 spiro atoms. The van der Waals surface area contributed by atoms with Crippen LogP contribution in [0.3, 0.4) is 0 Å². The lowest BCUT2D eigenvalue weighted by molar-refractivity contribution is -0.120. The molecule has 0 bridgehead atoms. The second-order valence-electron chi connectivity index (χ2n) is 4.32. The van der Waals surface area contributed by atoms with Gasteiger partial charge in [0.2, 0.25) is 11.9 Å². The lowest BCUT2D eigenvalue weighted by Gasteiger charge is -2.21. The van der Waals surface area contributed by atoms with Crippen molar-refractivity contribution in [1.29, 1.82) is 0 Å². The van der Waals surface area contributed by atoms with E-state index in [1.807, 2.05) is 13.8 Å². The van der Waals surface area contributed by atoms with Gasteiger partial charge in [-0.3, -0.25) is 10.1 Å². The molecule has 6 nitrogen and oxygen atoms in total. The van der Waals surface area contributed by atoms with Gasteiger partial charge in [0.05, 0.1) is 11.4 Å². The van der Waals surface area contributed by atoms with Crippen LogP contribution in [0.5, 0.6) is 0 Å². The van der Waals surface area contributed by atoms with Crippen molar-refractivity contribution in [3.63, 3.8) is 0 Å². The lowest BCUT2D eigenvalue weighted by Crippen LogP contribution is -2.35. The zero-order valence-electron chi connectivity index (χ0n) is 10.2. The van der Waals surface area contributed by atoms with Crippen LogP contribution in [-0.2, 0) is 4.79 Å². The van der Waals surface area contributed by atoms with E-state index in [2.05, 4.69) is 25.8 Å². The average Bonchev–Trinajstić information content (AvgIpc) is 2.35. The average molecular weight is 235 g/mol. The van der Waals surface area contributed by atoms with Gasteiger partial charge in [-0.2, -0.15) is 5.10 Å². The van der Waals surface area contributed by atoms with Crippen LogP contribution in [0.15, 0.2) is 0 Å². The van der Waals surface area contributed by atoms with Gasteiger partial charge in [0.25, 0.3) is 0 Å². The smallest absolute Gasteiger partial charge is 0.249 e. The van der Waals surface area contributed by atoms with E-state index >= 15 is 0 Å². The Hall–Kier alpha value is -1.56. The standard InChI is InChI=1S/C11H17N5O/c1-7-8(2)15-16-11(13-7)14-10(17)9-3-5-12-6-4-9/h9,12H,3-6H2,1-2H3,(H,13,14,16,17). The Morgan fingerprint density at radius 1 is 1.24 bits per heavy atom. The minimum absolute atomic E-state index is 0.00319. The number of nitrogens with one attached hydrogen (secondary N) is 2. The number of aryl methyl sites for hydroxylation is 2. The van der Waals surface area contributed by atoms with Crippen LogP contribution in [0.1, 0.15) is 24.2 Å². The maximum absolute atomic E-state index is 11.9. The molecular weight excluding hydrogens is 218 g/mol. The number of anilines is 1. The first-order valence-corrected chi connectivity index (χ1v) is 5.86. The number of hydrogen-bond acceptors (Lipinski definition) is 5. The molecular formula is C11H17N5O. The molecule has 1 fully saturated rings. The number of carbonyl (C=O) groups is 1. The van der Waals surface area contributed by atoms with Crippen molar-refractivity contribution in [2.75, 3.05) is 18.4 Å². The molecule has 2 N–H and O–H groups in total. The van der Waals surface area contributed by atoms with Crippen molar-refractivity contribution < 1.29 is 4.79 Å². The monoisotopic (exact) mass is 235 g/mol. The van der Waals surface area contributed by atoms with Gasteiger partial charge in [-0.15, -0.1) is 5.10 Å². The van der Waals surface area contributed by atoms with Gasteiger partial charge in [-0.05, 0) is 39.8 Å². The third-order valence-electron chi connectivity index (χ3n) is 3.04. The molecule has 0 saturated carbocycles. The van der Waals surface area contributed by atoms with Gasteiger partial charge in [0, 0.05) is 5.92 Å². The molecule has 92 valence electrons. The summed E-state index contributed by atoms with van der Waals surface area (Å²) >= 11 is 0. The van der Waals surface area contributed by atoms with Gasteiger partial charge >= 0.3 is 0 Å². The highest BCUT2D eigenvalue weighted by molar-refractivity contribution is 5.90. The highest BCUT2D eigenvalue weighted by Crippen LogP contribution is 2.13. The van der Waals surface area contributed by atoms with Crippen LogP contribution in [0, 0.1) is 19.8 Å². The maximum Gasteiger partial charge on any atom is 0.249 e. The zero-order valence-corrected chi connectivity index (χ0v) is 10.2. The highest BCUT2D eigenvalue weighted by atomic mass is 16.2. The molecule has 1 aliphatic heterocycles. The Bertz CT molecular complexity index is 414. The molecule has 1 saturated heterocycles. The Morgan fingerprint density at radius 3 is 2.59 bits per heavy atom. The molecule has 0 aromatic carbocycles. The van der Waals surface area contributed by atoms with E-state index in [4.69, 9.17) is 0 Å². The zero-order chi connectivity index (χ0) is 12.3. The Kier molecular flexibility index (Phi) is 3.63. The molecule has 2 heterocycles. The van der Waals surface area contributed by atoms with E-state index in [-0.39, 0.29) is 11.8 Å². The van der Waals surface area contributed by atoms with Gasteiger partial charge < -0.3 is 5.32 Å². The SMILES string of the molecule is Cc1nnc(NC(=O)C2CCNCC2)nc1C. The summed E-state index contributed by atoms with van der Waals surface area (Å²) in [6.45, 7) is 5.48. The van der Waals surface area contributed by atoms with E-state index in [9.17, 15) is 4.79 Å². The van der Waals surface area contributed by atoms with E-state index in [0.29, 0.717) is 5.95 Å². The summed E-state index contributed by atoms with van der Waals surface area (Å²) in [5.74, 6) is 0.356. The van der Waals surface area contributed by atoms with Gasteiger partial charge in [-0.1, -0.05) is 0 Å². The fourth-order valence-electron chi connectivity index (χ4n) is 1.81. The molecule has 1 amide bonds. The van der Waals surface area contributed by atoms with E-state index in [0.717, 1.165) is 37.3 Å². The molecule has 0 unspecified atom stereocenters. The fourth-order valence-corrected chi connectivity index (χ4v) is 1.81. The van der Waals surface area contributed by atoms with Crippen LogP contribution in [-0.4, -0.2) is 34.2 Å². The number of carbonyl (C=O) groups excluding carboxylic acids is 1. The number of nitrogens with zero attached hydrogens (tertiary/aromatic N) is 3. The molecule has 17 heavy (non-hydrogen) atoms. The van der Waals surface area contributed by atoms with Gasteiger partial charge in [-0.25, -0.2) is 4.98 Å². The quantitative estimate of drug-likeness (QED) is 0.777. The molecule has 1 aromatic rings. The minimum Gasteiger partial charge on any atom is -0.317 e. The van der Waals surface area contributed by atoms with Crippen molar-refractivity contribution >= 4 is 11.9 Å². The fraction of sp³-hybridized carbons (Fsp3) is 0.636. The predicted molar refractivity (Wildman–Crippen MR) is 63.5 cm³/mol. The number of piperidine rings is 1.